The Morgan fingerprint density at radius 1 is 1.30 bits per heavy atom. The van der Waals surface area contributed by atoms with Crippen LogP contribution in [-0.2, 0) is 11.2 Å². The van der Waals surface area contributed by atoms with E-state index in [1.165, 1.54) is 18.2 Å². The number of carbonyl (C=O) groups is 2. The van der Waals surface area contributed by atoms with Crippen molar-refractivity contribution >= 4 is 17.4 Å². The van der Waals surface area contributed by atoms with Crippen molar-refractivity contribution in [3.8, 4) is 0 Å². The van der Waals surface area contributed by atoms with E-state index in [9.17, 15) is 14.0 Å². The van der Waals surface area contributed by atoms with Crippen LogP contribution in [0, 0.1) is 11.7 Å². The van der Waals surface area contributed by atoms with E-state index in [4.69, 9.17) is 0 Å². The van der Waals surface area contributed by atoms with Gasteiger partial charge in [0, 0.05) is 37.0 Å². The highest BCUT2D eigenvalue weighted by Gasteiger charge is 2.29. The lowest BCUT2D eigenvalue weighted by Crippen LogP contribution is -2.34. The first-order valence-corrected chi connectivity index (χ1v) is 7.60. The molecule has 1 aliphatic heterocycles. The number of rotatable bonds is 4. The largest absolute Gasteiger partial charge is 0.311 e. The zero-order chi connectivity index (χ0) is 16.4. The molecule has 4 nitrogen and oxygen atoms in total. The fourth-order valence-electron chi connectivity index (χ4n) is 2.89. The molecule has 2 heterocycles. The van der Waals surface area contributed by atoms with E-state index < -0.39 is 11.7 Å². The van der Waals surface area contributed by atoms with Crippen molar-refractivity contribution < 1.29 is 14.0 Å². The molecular formula is C18H17FN2O2. The first kappa shape index (κ1) is 15.3. The number of ketones is 1. The number of benzene rings is 1. The third kappa shape index (κ3) is 2.99. The number of halogens is 1. The van der Waals surface area contributed by atoms with E-state index in [0.29, 0.717) is 6.54 Å². The molecule has 1 atom stereocenters. The molecule has 0 aliphatic carbocycles. The number of Topliss-reactive ketones (excluding diaryl/α,β-unsaturated/α-hetero) is 1. The summed E-state index contributed by atoms with van der Waals surface area (Å²) in [7, 11) is 0. The molecule has 23 heavy (non-hydrogen) atoms. The lowest BCUT2D eigenvalue weighted by atomic mass is 9.98. The van der Waals surface area contributed by atoms with Gasteiger partial charge in [-0.15, -0.1) is 0 Å². The van der Waals surface area contributed by atoms with Crippen LogP contribution in [0.5, 0.6) is 0 Å². The quantitative estimate of drug-likeness (QED) is 0.815. The number of anilines is 1. The van der Waals surface area contributed by atoms with E-state index in [2.05, 4.69) is 4.98 Å². The Balaban J connectivity index is 1.72. The molecule has 5 heteroatoms. The molecule has 0 spiro atoms. The minimum absolute atomic E-state index is 0.00329. The Morgan fingerprint density at radius 3 is 2.87 bits per heavy atom. The average molecular weight is 312 g/mol. The van der Waals surface area contributed by atoms with E-state index in [1.54, 1.807) is 30.3 Å². The van der Waals surface area contributed by atoms with Gasteiger partial charge in [0.15, 0.2) is 5.78 Å². The number of fused-ring (bicyclic) bond motifs is 1. The van der Waals surface area contributed by atoms with Gasteiger partial charge in [-0.25, -0.2) is 4.39 Å². The maximum Gasteiger partial charge on any atom is 0.230 e. The zero-order valence-corrected chi connectivity index (χ0v) is 12.8. The SMILES string of the molecule is C[C@H](CC(=O)c1ccccc1F)C(=O)N1CCc2cnccc21. The van der Waals surface area contributed by atoms with Crippen molar-refractivity contribution in [1.29, 1.82) is 0 Å². The highest BCUT2D eigenvalue weighted by Crippen LogP contribution is 2.28. The molecule has 2 aromatic rings. The van der Waals surface area contributed by atoms with Crippen molar-refractivity contribution in [2.24, 2.45) is 5.92 Å². The van der Waals surface area contributed by atoms with Crippen LogP contribution in [-0.4, -0.2) is 23.2 Å². The van der Waals surface area contributed by atoms with Gasteiger partial charge in [0.25, 0.3) is 0 Å². The fourth-order valence-corrected chi connectivity index (χ4v) is 2.89. The summed E-state index contributed by atoms with van der Waals surface area (Å²) in [4.78, 5) is 30.6. The number of pyridine rings is 1. The fraction of sp³-hybridized carbons (Fsp3) is 0.278. The Bertz CT molecular complexity index is 760. The predicted octanol–water partition coefficient (Wildman–Crippen LogP) is 3.02. The van der Waals surface area contributed by atoms with Gasteiger partial charge in [-0.1, -0.05) is 19.1 Å². The second-order valence-electron chi connectivity index (χ2n) is 5.75. The van der Waals surface area contributed by atoms with Crippen LogP contribution in [0.25, 0.3) is 0 Å². The first-order chi connectivity index (χ1) is 11.1. The average Bonchev–Trinajstić information content (AvgIpc) is 2.98. The maximum atomic E-state index is 13.7. The zero-order valence-electron chi connectivity index (χ0n) is 12.8. The van der Waals surface area contributed by atoms with Gasteiger partial charge in [-0.2, -0.15) is 0 Å². The van der Waals surface area contributed by atoms with E-state index in [1.807, 2.05) is 6.07 Å². The summed E-state index contributed by atoms with van der Waals surface area (Å²) in [5.41, 5.74) is 1.93. The number of hydrogen-bond donors (Lipinski definition) is 0. The Labute approximate surface area is 134 Å². The first-order valence-electron chi connectivity index (χ1n) is 7.60. The summed E-state index contributed by atoms with van der Waals surface area (Å²) in [6.07, 6.45) is 4.18. The Hall–Kier alpha value is -2.56. The van der Waals surface area contributed by atoms with Gasteiger partial charge in [0.05, 0.1) is 5.56 Å². The number of nitrogens with zero attached hydrogens (tertiary/aromatic N) is 2. The third-order valence-electron chi connectivity index (χ3n) is 4.13. The summed E-state index contributed by atoms with van der Waals surface area (Å²) >= 11 is 0. The molecule has 0 unspecified atom stereocenters. The standard InChI is InChI=1S/C18H17FN2O2/c1-12(10-17(22)14-4-2-3-5-15(14)19)18(23)21-9-7-13-11-20-8-6-16(13)21/h2-6,8,11-12H,7,9-10H2,1H3/t12-/m1/s1. The summed E-state index contributed by atoms with van der Waals surface area (Å²) in [6, 6.07) is 7.67. The number of carbonyl (C=O) groups excluding carboxylic acids is 2. The van der Waals surface area contributed by atoms with Crippen molar-refractivity contribution in [3.05, 3.63) is 59.7 Å². The van der Waals surface area contributed by atoms with Crippen LogP contribution >= 0.6 is 0 Å². The smallest absolute Gasteiger partial charge is 0.230 e. The highest BCUT2D eigenvalue weighted by molar-refractivity contribution is 6.02. The van der Waals surface area contributed by atoms with E-state index >= 15 is 0 Å². The molecule has 3 rings (SSSR count). The van der Waals surface area contributed by atoms with Crippen LogP contribution in [0.2, 0.25) is 0 Å². The molecule has 0 N–H and O–H groups in total. The van der Waals surface area contributed by atoms with Crippen LogP contribution < -0.4 is 4.90 Å². The number of hydrogen-bond acceptors (Lipinski definition) is 3. The van der Waals surface area contributed by atoms with Crippen molar-refractivity contribution in [1.82, 2.24) is 4.98 Å². The van der Waals surface area contributed by atoms with Crippen LogP contribution in [0.15, 0.2) is 42.7 Å². The number of aromatic nitrogens is 1. The van der Waals surface area contributed by atoms with Crippen molar-refractivity contribution in [2.75, 3.05) is 11.4 Å². The summed E-state index contributed by atoms with van der Waals surface area (Å²) in [6.45, 7) is 2.30. The molecule has 0 saturated heterocycles. The number of amides is 1. The molecular weight excluding hydrogens is 295 g/mol. The summed E-state index contributed by atoms with van der Waals surface area (Å²) < 4.78 is 13.7. The van der Waals surface area contributed by atoms with Crippen LogP contribution in [0.1, 0.15) is 29.3 Å². The normalized spacial score (nSPS) is 14.4. The van der Waals surface area contributed by atoms with Gasteiger partial charge < -0.3 is 4.90 Å². The Kier molecular flexibility index (Phi) is 4.19. The van der Waals surface area contributed by atoms with Crippen LogP contribution in [0.4, 0.5) is 10.1 Å². The van der Waals surface area contributed by atoms with E-state index in [-0.39, 0.29) is 23.7 Å². The molecule has 1 aromatic carbocycles. The van der Waals surface area contributed by atoms with Gasteiger partial charge in [-0.3, -0.25) is 14.6 Å². The molecule has 0 radical (unpaired) electrons. The minimum Gasteiger partial charge on any atom is -0.311 e. The molecule has 1 amide bonds. The molecule has 118 valence electrons. The molecule has 0 saturated carbocycles. The molecule has 1 aliphatic rings. The second kappa shape index (κ2) is 6.28. The maximum absolute atomic E-state index is 13.7. The topological polar surface area (TPSA) is 50.3 Å². The van der Waals surface area contributed by atoms with Crippen molar-refractivity contribution in [3.63, 3.8) is 0 Å². The van der Waals surface area contributed by atoms with Gasteiger partial charge in [0.2, 0.25) is 5.91 Å². The summed E-state index contributed by atoms with van der Waals surface area (Å²) in [5, 5.41) is 0. The lowest BCUT2D eigenvalue weighted by molar-refractivity contribution is -0.121. The predicted molar refractivity (Wildman–Crippen MR) is 84.8 cm³/mol. The molecule has 1 aromatic heterocycles. The monoisotopic (exact) mass is 312 g/mol. The van der Waals surface area contributed by atoms with Gasteiger partial charge in [0.1, 0.15) is 5.82 Å². The van der Waals surface area contributed by atoms with Gasteiger partial charge >= 0.3 is 0 Å². The minimum atomic E-state index is -0.547. The second-order valence-corrected chi connectivity index (χ2v) is 5.75. The molecule has 0 fully saturated rings. The van der Waals surface area contributed by atoms with Crippen LogP contribution in [0.3, 0.4) is 0 Å². The highest BCUT2D eigenvalue weighted by atomic mass is 19.1. The lowest BCUT2D eigenvalue weighted by Gasteiger charge is -2.21. The molecule has 0 bridgehead atoms. The van der Waals surface area contributed by atoms with E-state index in [0.717, 1.165) is 17.7 Å². The third-order valence-corrected chi connectivity index (χ3v) is 4.13. The van der Waals surface area contributed by atoms with Gasteiger partial charge in [-0.05, 0) is 30.2 Å². The van der Waals surface area contributed by atoms with Crippen molar-refractivity contribution in [2.45, 2.75) is 19.8 Å². The Morgan fingerprint density at radius 2 is 2.09 bits per heavy atom. The summed E-state index contributed by atoms with van der Waals surface area (Å²) in [5.74, 6) is -1.51.